The first kappa shape index (κ1) is 13.5. The molecule has 2 heterocycles. The third kappa shape index (κ3) is 2.81. The van der Waals surface area contributed by atoms with Crippen LogP contribution in [0.25, 0.3) is 0 Å². The van der Waals surface area contributed by atoms with Gasteiger partial charge in [0.05, 0.1) is 0 Å². The van der Waals surface area contributed by atoms with Crippen molar-refractivity contribution in [2.24, 2.45) is 0 Å². The van der Waals surface area contributed by atoms with Gasteiger partial charge in [0, 0.05) is 24.7 Å². The van der Waals surface area contributed by atoms with Gasteiger partial charge in [-0.15, -0.1) is 0 Å². The van der Waals surface area contributed by atoms with Gasteiger partial charge < -0.3 is 10.2 Å². The van der Waals surface area contributed by atoms with Crippen LogP contribution in [0.4, 0.5) is 4.79 Å². The van der Waals surface area contributed by atoms with E-state index in [9.17, 15) is 4.79 Å². The Morgan fingerprint density at radius 3 is 3.10 bits per heavy atom. The van der Waals surface area contributed by atoms with Crippen molar-refractivity contribution in [3.05, 3.63) is 56.7 Å². The molecule has 2 aromatic rings. The number of nitrogens with zero attached hydrogens (tertiary/aromatic N) is 1. The van der Waals surface area contributed by atoms with Gasteiger partial charge in [-0.05, 0) is 46.0 Å². The zero-order valence-electron chi connectivity index (χ0n) is 10.9. The number of thiophene rings is 1. The fraction of sp³-hybridized carbons (Fsp3) is 0.267. The zero-order valence-corrected chi connectivity index (χ0v) is 12.5. The molecule has 0 spiro atoms. The first-order valence-corrected chi connectivity index (χ1v) is 7.86. The van der Waals surface area contributed by atoms with Crippen LogP contribution in [-0.2, 0) is 19.5 Å². The van der Waals surface area contributed by atoms with Gasteiger partial charge in [-0.2, -0.15) is 11.3 Å². The van der Waals surface area contributed by atoms with Gasteiger partial charge in [-0.1, -0.05) is 23.7 Å². The Labute approximate surface area is 127 Å². The van der Waals surface area contributed by atoms with Crippen molar-refractivity contribution >= 4 is 29.0 Å². The molecule has 3 nitrogen and oxygen atoms in total. The summed E-state index contributed by atoms with van der Waals surface area (Å²) in [4.78, 5) is 14.0. The zero-order chi connectivity index (χ0) is 13.9. The third-order valence-electron chi connectivity index (χ3n) is 3.52. The van der Waals surface area contributed by atoms with Gasteiger partial charge in [0.15, 0.2) is 0 Å². The van der Waals surface area contributed by atoms with Crippen LogP contribution in [0, 0.1) is 0 Å². The summed E-state index contributed by atoms with van der Waals surface area (Å²) in [5.74, 6) is 0. The van der Waals surface area contributed by atoms with Crippen molar-refractivity contribution in [1.29, 1.82) is 0 Å². The summed E-state index contributed by atoms with van der Waals surface area (Å²) in [6, 6.07) is 7.90. The van der Waals surface area contributed by atoms with E-state index in [1.165, 1.54) is 5.56 Å². The minimum Gasteiger partial charge on any atom is -0.334 e. The summed E-state index contributed by atoms with van der Waals surface area (Å²) in [7, 11) is 0. The van der Waals surface area contributed by atoms with Crippen molar-refractivity contribution in [2.45, 2.75) is 19.5 Å². The molecule has 5 heteroatoms. The summed E-state index contributed by atoms with van der Waals surface area (Å²) in [6.45, 7) is 1.93. The SMILES string of the molecule is O=C(NCc1ccsc1)N1CCc2c(Cl)cccc2C1. The Balaban J connectivity index is 1.63. The summed E-state index contributed by atoms with van der Waals surface area (Å²) in [5.41, 5.74) is 3.47. The van der Waals surface area contributed by atoms with E-state index in [1.54, 1.807) is 11.3 Å². The van der Waals surface area contributed by atoms with E-state index in [4.69, 9.17) is 11.6 Å². The highest BCUT2D eigenvalue weighted by Crippen LogP contribution is 2.25. The molecule has 0 saturated heterocycles. The van der Waals surface area contributed by atoms with Crippen molar-refractivity contribution in [3.8, 4) is 0 Å². The Kier molecular flexibility index (Phi) is 3.94. The van der Waals surface area contributed by atoms with Gasteiger partial charge in [0.1, 0.15) is 0 Å². The summed E-state index contributed by atoms with van der Waals surface area (Å²) < 4.78 is 0. The average Bonchev–Trinajstić information content (AvgIpc) is 2.98. The number of amides is 2. The second-order valence-electron chi connectivity index (χ2n) is 4.84. The number of carbonyl (C=O) groups is 1. The second kappa shape index (κ2) is 5.85. The van der Waals surface area contributed by atoms with Gasteiger partial charge in [-0.3, -0.25) is 0 Å². The van der Waals surface area contributed by atoms with Crippen LogP contribution in [0.2, 0.25) is 5.02 Å². The lowest BCUT2D eigenvalue weighted by molar-refractivity contribution is 0.192. The maximum atomic E-state index is 12.2. The Hall–Kier alpha value is -1.52. The summed E-state index contributed by atoms with van der Waals surface area (Å²) in [6.07, 6.45) is 0.820. The van der Waals surface area contributed by atoms with Crippen LogP contribution < -0.4 is 5.32 Å². The molecular formula is C15H15ClN2OS. The predicted molar refractivity (Wildman–Crippen MR) is 82.1 cm³/mol. The van der Waals surface area contributed by atoms with Crippen LogP contribution in [0.15, 0.2) is 35.0 Å². The molecule has 1 aliphatic heterocycles. The average molecular weight is 307 g/mol. The van der Waals surface area contributed by atoms with E-state index in [1.807, 2.05) is 39.9 Å². The number of hydrogen-bond acceptors (Lipinski definition) is 2. The molecule has 0 atom stereocenters. The standard InChI is InChI=1S/C15H15ClN2OS/c16-14-3-1-2-12-9-18(6-4-13(12)14)15(19)17-8-11-5-7-20-10-11/h1-3,5,7,10H,4,6,8-9H2,(H,17,19). The molecule has 1 aliphatic rings. The fourth-order valence-corrected chi connectivity index (χ4v) is 3.38. The minimum atomic E-state index is -0.0122. The molecule has 0 fully saturated rings. The van der Waals surface area contributed by atoms with E-state index in [0.29, 0.717) is 19.6 Å². The molecule has 0 bridgehead atoms. The van der Waals surface area contributed by atoms with E-state index >= 15 is 0 Å². The van der Waals surface area contributed by atoms with Crippen LogP contribution in [0.5, 0.6) is 0 Å². The normalized spacial score (nSPS) is 13.9. The third-order valence-corrected chi connectivity index (χ3v) is 4.61. The Morgan fingerprint density at radius 1 is 1.40 bits per heavy atom. The Morgan fingerprint density at radius 2 is 2.30 bits per heavy atom. The topological polar surface area (TPSA) is 32.3 Å². The summed E-state index contributed by atoms with van der Waals surface area (Å²) in [5, 5.41) is 7.83. The van der Waals surface area contributed by atoms with E-state index in [2.05, 4.69) is 5.32 Å². The lowest BCUT2D eigenvalue weighted by Gasteiger charge is -2.29. The van der Waals surface area contributed by atoms with E-state index < -0.39 is 0 Å². The highest BCUT2D eigenvalue weighted by atomic mass is 35.5. The molecule has 0 aliphatic carbocycles. The number of hydrogen-bond donors (Lipinski definition) is 1. The molecule has 0 saturated carbocycles. The van der Waals surface area contributed by atoms with Gasteiger partial charge in [-0.25, -0.2) is 4.79 Å². The van der Waals surface area contributed by atoms with Gasteiger partial charge >= 0.3 is 6.03 Å². The number of carbonyl (C=O) groups excluding carboxylic acids is 1. The molecule has 0 unspecified atom stereocenters. The number of halogens is 1. The molecule has 1 N–H and O–H groups in total. The predicted octanol–water partition coefficient (Wildman–Crippen LogP) is 3.67. The number of rotatable bonds is 2. The van der Waals surface area contributed by atoms with E-state index in [-0.39, 0.29) is 6.03 Å². The molecule has 20 heavy (non-hydrogen) atoms. The molecule has 104 valence electrons. The monoisotopic (exact) mass is 306 g/mol. The van der Waals surface area contributed by atoms with Crippen molar-refractivity contribution in [1.82, 2.24) is 10.2 Å². The fourth-order valence-electron chi connectivity index (χ4n) is 2.42. The number of benzene rings is 1. The summed E-state index contributed by atoms with van der Waals surface area (Å²) >= 11 is 7.82. The molecule has 1 aromatic carbocycles. The Bertz CT molecular complexity index is 612. The maximum absolute atomic E-state index is 12.2. The molecular weight excluding hydrogens is 292 g/mol. The van der Waals surface area contributed by atoms with Crippen molar-refractivity contribution in [2.75, 3.05) is 6.54 Å². The second-order valence-corrected chi connectivity index (χ2v) is 6.03. The lowest BCUT2D eigenvalue weighted by atomic mass is 10.00. The highest BCUT2D eigenvalue weighted by molar-refractivity contribution is 7.07. The first-order chi connectivity index (χ1) is 9.74. The smallest absolute Gasteiger partial charge is 0.317 e. The van der Waals surface area contributed by atoms with Crippen molar-refractivity contribution in [3.63, 3.8) is 0 Å². The van der Waals surface area contributed by atoms with E-state index in [0.717, 1.165) is 22.6 Å². The molecule has 2 amide bonds. The van der Waals surface area contributed by atoms with Gasteiger partial charge in [0.2, 0.25) is 0 Å². The molecule has 0 radical (unpaired) electrons. The largest absolute Gasteiger partial charge is 0.334 e. The maximum Gasteiger partial charge on any atom is 0.317 e. The van der Waals surface area contributed by atoms with Crippen LogP contribution in [0.3, 0.4) is 0 Å². The number of nitrogens with one attached hydrogen (secondary N) is 1. The van der Waals surface area contributed by atoms with Crippen LogP contribution >= 0.6 is 22.9 Å². The molecule has 1 aromatic heterocycles. The lowest BCUT2D eigenvalue weighted by Crippen LogP contribution is -2.42. The van der Waals surface area contributed by atoms with Gasteiger partial charge in [0.25, 0.3) is 0 Å². The highest BCUT2D eigenvalue weighted by Gasteiger charge is 2.21. The van der Waals surface area contributed by atoms with Crippen LogP contribution in [-0.4, -0.2) is 17.5 Å². The quantitative estimate of drug-likeness (QED) is 0.902. The first-order valence-electron chi connectivity index (χ1n) is 6.54. The van der Waals surface area contributed by atoms with Crippen molar-refractivity contribution < 1.29 is 4.79 Å². The minimum absolute atomic E-state index is 0.0122. The number of urea groups is 1. The molecule has 3 rings (SSSR count). The number of fused-ring (bicyclic) bond motifs is 1. The van der Waals surface area contributed by atoms with Crippen LogP contribution in [0.1, 0.15) is 16.7 Å².